The summed E-state index contributed by atoms with van der Waals surface area (Å²) in [5, 5.41) is 5.26. The Labute approximate surface area is 130 Å². The number of hydrogen-bond donors (Lipinski definition) is 1. The van der Waals surface area contributed by atoms with Crippen LogP contribution >= 0.6 is 0 Å². The second kappa shape index (κ2) is 6.97. The summed E-state index contributed by atoms with van der Waals surface area (Å²) in [5.41, 5.74) is 0.576. The number of carbonyl (C=O) groups excluding carboxylic acids is 1. The summed E-state index contributed by atoms with van der Waals surface area (Å²) in [4.78, 5) is 15.5. The van der Waals surface area contributed by atoms with Crippen LogP contribution in [0, 0.1) is 0 Å². The number of primary sulfonamides is 1. The van der Waals surface area contributed by atoms with Gasteiger partial charge in [0.1, 0.15) is 4.90 Å². The molecule has 1 aliphatic rings. The van der Waals surface area contributed by atoms with E-state index in [4.69, 9.17) is 9.88 Å². The molecular formula is C14H21N3O4S. The minimum atomic E-state index is -3.77. The largest absolute Gasteiger partial charge is 0.449 e. The summed E-state index contributed by atoms with van der Waals surface area (Å²) in [6.45, 7) is 4.40. The number of anilines is 1. The lowest BCUT2D eigenvalue weighted by Crippen LogP contribution is -2.49. The van der Waals surface area contributed by atoms with E-state index >= 15 is 0 Å². The van der Waals surface area contributed by atoms with Crippen molar-refractivity contribution in [2.24, 2.45) is 5.14 Å². The van der Waals surface area contributed by atoms with E-state index in [0.717, 1.165) is 6.42 Å². The van der Waals surface area contributed by atoms with Crippen molar-refractivity contribution in [3.8, 4) is 0 Å². The second-order valence-electron chi connectivity index (χ2n) is 5.10. The normalized spacial score (nSPS) is 15.7. The zero-order valence-electron chi connectivity index (χ0n) is 12.6. The van der Waals surface area contributed by atoms with Gasteiger partial charge in [0, 0.05) is 26.2 Å². The number of benzene rings is 1. The van der Waals surface area contributed by atoms with Gasteiger partial charge < -0.3 is 14.5 Å². The van der Waals surface area contributed by atoms with Crippen molar-refractivity contribution in [1.29, 1.82) is 0 Å². The average molecular weight is 327 g/mol. The molecule has 2 N–H and O–H groups in total. The van der Waals surface area contributed by atoms with Crippen molar-refractivity contribution in [3.63, 3.8) is 0 Å². The highest BCUT2D eigenvalue weighted by Crippen LogP contribution is 2.25. The van der Waals surface area contributed by atoms with E-state index < -0.39 is 10.0 Å². The Hall–Kier alpha value is -1.80. The van der Waals surface area contributed by atoms with Gasteiger partial charge in [-0.05, 0) is 18.6 Å². The molecule has 0 atom stereocenters. The van der Waals surface area contributed by atoms with Crippen molar-refractivity contribution in [2.75, 3.05) is 37.7 Å². The fourth-order valence-corrected chi connectivity index (χ4v) is 3.13. The van der Waals surface area contributed by atoms with E-state index in [2.05, 4.69) is 0 Å². The highest BCUT2D eigenvalue weighted by molar-refractivity contribution is 7.89. The number of hydrogen-bond acceptors (Lipinski definition) is 5. The Morgan fingerprint density at radius 2 is 1.86 bits per heavy atom. The van der Waals surface area contributed by atoms with Crippen LogP contribution in [0.15, 0.2) is 29.2 Å². The molecule has 0 saturated carbocycles. The number of piperazine rings is 1. The van der Waals surface area contributed by atoms with Gasteiger partial charge in [0.15, 0.2) is 0 Å². The summed E-state index contributed by atoms with van der Waals surface area (Å²) >= 11 is 0. The maximum Gasteiger partial charge on any atom is 0.409 e. The number of ether oxygens (including phenoxy) is 1. The molecule has 0 bridgehead atoms. The molecule has 0 aliphatic carbocycles. The number of sulfonamides is 1. The molecule has 22 heavy (non-hydrogen) atoms. The third-order valence-corrected chi connectivity index (χ3v) is 4.44. The first-order valence-corrected chi connectivity index (χ1v) is 8.76. The number of carbonyl (C=O) groups is 1. The summed E-state index contributed by atoms with van der Waals surface area (Å²) in [7, 11) is -3.77. The number of para-hydroxylation sites is 1. The van der Waals surface area contributed by atoms with E-state index in [1.807, 2.05) is 11.8 Å². The topological polar surface area (TPSA) is 92.9 Å². The predicted molar refractivity (Wildman–Crippen MR) is 83.2 cm³/mol. The van der Waals surface area contributed by atoms with Gasteiger partial charge in [-0.2, -0.15) is 0 Å². The van der Waals surface area contributed by atoms with Crippen LogP contribution in [0.4, 0.5) is 10.5 Å². The zero-order valence-corrected chi connectivity index (χ0v) is 13.4. The minimum Gasteiger partial charge on any atom is -0.449 e. The van der Waals surface area contributed by atoms with Crippen molar-refractivity contribution in [2.45, 2.75) is 18.2 Å². The Morgan fingerprint density at radius 1 is 1.23 bits per heavy atom. The summed E-state index contributed by atoms with van der Waals surface area (Å²) in [5.74, 6) is 0. The highest BCUT2D eigenvalue weighted by atomic mass is 32.2. The van der Waals surface area contributed by atoms with E-state index in [-0.39, 0.29) is 11.0 Å². The van der Waals surface area contributed by atoms with E-state index in [1.54, 1.807) is 23.1 Å². The lowest BCUT2D eigenvalue weighted by atomic mass is 10.2. The Balaban J connectivity index is 2.05. The van der Waals surface area contributed by atoms with Crippen molar-refractivity contribution >= 4 is 21.8 Å². The van der Waals surface area contributed by atoms with E-state index in [1.165, 1.54) is 6.07 Å². The standard InChI is InChI=1S/C14H21N3O4S/c1-2-11-21-14(18)17-9-7-16(8-10-17)12-5-3-4-6-13(12)22(15,19)20/h3-6H,2,7-11H2,1H3,(H2,15,19,20). The lowest BCUT2D eigenvalue weighted by molar-refractivity contribution is 0.100. The van der Waals surface area contributed by atoms with Gasteiger partial charge in [-0.15, -0.1) is 0 Å². The molecule has 1 saturated heterocycles. The minimum absolute atomic E-state index is 0.108. The van der Waals surface area contributed by atoms with Crippen LogP contribution in [-0.4, -0.2) is 52.2 Å². The predicted octanol–water partition coefficient (Wildman–Crippen LogP) is 1.00. The lowest BCUT2D eigenvalue weighted by Gasteiger charge is -2.36. The molecule has 0 radical (unpaired) electrons. The zero-order chi connectivity index (χ0) is 16.2. The third-order valence-electron chi connectivity index (χ3n) is 3.48. The summed E-state index contributed by atoms with van der Waals surface area (Å²) in [6.07, 6.45) is 0.467. The number of nitrogens with two attached hydrogens (primary N) is 1. The Kier molecular flexibility index (Phi) is 5.25. The molecule has 8 heteroatoms. The van der Waals surface area contributed by atoms with Gasteiger partial charge in [0.2, 0.25) is 10.0 Å². The van der Waals surface area contributed by atoms with Crippen LogP contribution in [0.5, 0.6) is 0 Å². The highest BCUT2D eigenvalue weighted by Gasteiger charge is 2.25. The summed E-state index contributed by atoms with van der Waals surface area (Å²) < 4.78 is 28.4. The Bertz CT molecular complexity index is 625. The van der Waals surface area contributed by atoms with Gasteiger partial charge in [-0.1, -0.05) is 19.1 Å². The van der Waals surface area contributed by atoms with Gasteiger partial charge in [-0.3, -0.25) is 0 Å². The fourth-order valence-electron chi connectivity index (χ4n) is 2.37. The molecule has 122 valence electrons. The van der Waals surface area contributed by atoms with Crippen LogP contribution in [-0.2, 0) is 14.8 Å². The molecule has 1 amide bonds. The maximum absolute atomic E-state index is 11.8. The molecule has 0 aromatic heterocycles. The molecule has 0 spiro atoms. The van der Waals surface area contributed by atoms with Crippen molar-refractivity contribution in [1.82, 2.24) is 4.90 Å². The Morgan fingerprint density at radius 3 is 2.45 bits per heavy atom. The molecule has 2 rings (SSSR count). The first-order valence-electron chi connectivity index (χ1n) is 7.22. The van der Waals surface area contributed by atoms with Gasteiger partial charge >= 0.3 is 6.09 Å². The molecule has 7 nitrogen and oxygen atoms in total. The smallest absolute Gasteiger partial charge is 0.409 e. The van der Waals surface area contributed by atoms with E-state index in [9.17, 15) is 13.2 Å². The van der Waals surface area contributed by atoms with E-state index in [0.29, 0.717) is 38.5 Å². The van der Waals surface area contributed by atoms with Crippen LogP contribution in [0.2, 0.25) is 0 Å². The van der Waals surface area contributed by atoms with Crippen molar-refractivity contribution < 1.29 is 17.9 Å². The molecule has 1 fully saturated rings. The third kappa shape index (κ3) is 3.89. The molecule has 1 heterocycles. The van der Waals surface area contributed by atoms with Gasteiger partial charge in [0.25, 0.3) is 0 Å². The first kappa shape index (κ1) is 16.6. The molecule has 1 aromatic rings. The first-order chi connectivity index (χ1) is 10.4. The fraction of sp³-hybridized carbons (Fsp3) is 0.500. The summed E-state index contributed by atoms with van der Waals surface area (Å²) in [6, 6.07) is 6.63. The quantitative estimate of drug-likeness (QED) is 0.890. The SMILES string of the molecule is CCCOC(=O)N1CCN(c2ccccc2S(N)(=O)=O)CC1. The van der Waals surface area contributed by atoms with Crippen LogP contribution < -0.4 is 10.0 Å². The number of nitrogens with zero attached hydrogens (tertiary/aromatic N) is 2. The van der Waals surface area contributed by atoms with Crippen molar-refractivity contribution in [3.05, 3.63) is 24.3 Å². The maximum atomic E-state index is 11.8. The monoisotopic (exact) mass is 327 g/mol. The molecule has 1 aromatic carbocycles. The van der Waals surface area contributed by atoms with Crippen LogP contribution in [0.3, 0.4) is 0 Å². The van der Waals surface area contributed by atoms with Crippen LogP contribution in [0.1, 0.15) is 13.3 Å². The van der Waals surface area contributed by atoms with Gasteiger partial charge in [0.05, 0.1) is 12.3 Å². The second-order valence-corrected chi connectivity index (χ2v) is 6.63. The molecule has 0 unspecified atom stereocenters. The number of amides is 1. The number of rotatable bonds is 4. The van der Waals surface area contributed by atoms with Gasteiger partial charge in [-0.25, -0.2) is 18.4 Å². The molecular weight excluding hydrogens is 306 g/mol. The van der Waals surface area contributed by atoms with Crippen LogP contribution in [0.25, 0.3) is 0 Å². The average Bonchev–Trinajstić information content (AvgIpc) is 2.52. The molecule has 1 aliphatic heterocycles.